The molecule has 2 rings (SSSR count). The third-order valence-corrected chi connectivity index (χ3v) is 3.24. The van der Waals surface area contributed by atoms with Crippen molar-refractivity contribution >= 4 is 10.9 Å². The first-order valence-electron chi connectivity index (χ1n) is 6.54. The van der Waals surface area contributed by atoms with Gasteiger partial charge in [-0.15, -0.1) is 0 Å². The SMILES string of the molecule is CCCc1cn(CCCN)c2ccc(C)cc12. The van der Waals surface area contributed by atoms with Crippen molar-refractivity contribution in [2.24, 2.45) is 5.73 Å². The Morgan fingerprint density at radius 1 is 1.29 bits per heavy atom. The van der Waals surface area contributed by atoms with E-state index >= 15 is 0 Å². The summed E-state index contributed by atoms with van der Waals surface area (Å²) in [7, 11) is 0. The predicted octanol–water partition coefficient (Wildman–Crippen LogP) is 3.25. The number of hydrogen-bond donors (Lipinski definition) is 1. The Labute approximate surface area is 103 Å². The fourth-order valence-corrected chi connectivity index (χ4v) is 2.40. The summed E-state index contributed by atoms with van der Waals surface area (Å²) >= 11 is 0. The number of benzene rings is 1. The van der Waals surface area contributed by atoms with E-state index in [-0.39, 0.29) is 0 Å². The van der Waals surface area contributed by atoms with E-state index in [9.17, 15) is 0 Å². The molecule has 17 heavy (non-hydrogen) atoms. The lowest BCUT2D eigenvalue weighted by atomic mass is 10.1. The van der Waals surface area contributed by atoms with E-state index in [1.165, 1.54) is 28.5 Å². The third-order valence-electron chi connectivity index (χ3n) is 3.24. The maximum atomic E-state index is 5.60. The molecule has 2 aromatic rings. The zero-order valence-electron chi connectivity index (χ0n) is 10.9. The molecule has 1 aromatic carbocycles. The highest BCUT2D eigenvalue weighted by Gasteiger charge is 2.07. The summed E-state index contributed by atoms with van der Waals surface area (Å²) in [5.74, 6) is 0. The molecule has 92 valence electrons. The lowest BCUT2D eigenvalue weighted by molar-refractivity contribution is 0.668. The smallest absolute Gasteiger partial charge is 0.0483 e. The Balaban J connectivity index is 2.46. The Morgan fingerprint density at radius 2 is 2.12 bits per heavy atom. The molecule has 1 aromatic heterocycles. The van der Waals surface area contributed by atoms with Crippen molar-refractivity contribution in [2.45, 2.75) is 39.7 Å². The van der Waals surface area contributed by atoms with Crippen molar-refractivity contribution in [3.05, 3.63) is 35.5 Å². The van der Waals surface area contributed by atoms with Gasteiger partial charge in [-0.25, -0.2) is 0 Å². The molecule has 0 radical (unpaired) electrons. The van der Waals surface area contributed by atoms with Crippen molar-refractivity contribution in [1.29, 1.82) is 0 Å². The minimum absolute atomic E-state index is 0.759. The average molecular weight is 230 g/mol. The fraction of sp³-hybridized carbons (Fsp3) is 0.467. The zero-order valence-corrected chi connectivity index (χ0v) is 10.9. The molecule has 0 atom stereocenters. The van der Waals surface area contributed by atoms with Crippen molar-refractivity contribution in [1.82, 2.24) is 4.57 Å². The van der Waals surface area contributed by atoms with Crippen molar-refractivity contribution in [2.75, 3.05) is 6.54 Å². The van der Waals surface area contributed by atoms with Gasteiger partial charge < -0.3 is 10.3 Å². The van der Waals surface area contributed by atoms with Crippen LogP contribution in [0.15, 0.2) is 24.4 Å². The van der Waals surface area contributed by atoms with Gasteiger partial charge in [0.2, 0.25) is 0 Å². The number of aromatic nitrogens is 1. The number of nitrogens with two attached hydrogens (primary N) is 1. The van der Waals surface area contributed by atoms with E-state index < -0.39 is 0 Å². The van der Waals surface area contributed by atoms with Gasteiger partial charge in [-0.3, -0.25) is 0 Å². The summed E-state index contributed by atoms with van der Waals surface area (Å²) in [4.78, 5) is 0. The van der Waals surface area contributed by atoms with E-state index in [4.69, 9.17) is 5.73 Å². The second-order valence-corrected chi connectivity index (χ2v) is 4.76. The van der Waals surface area contributed by atoms with Crippen molar-refractivity contribution in [3.63, 3.8) is 0 Å². The molecular weight excluding hydrogens is 208 g/mol. The Kier molecular flexibility index (Phi) is 3.85. The molecule has 0 saturated carbocycles. The van der Waals surface area contributed by atoms with Crippen LogP contribution < -0.4 is 5.73 Å². The second kappa shape index (κ2) is 5.37. The minimum Gasteiger partial charge on any atom is -0.347 e. The first kappa shape index (κ1) is 12.2. The molecule has 0 bridgehead atoms. The van der Waals surface area contributed by atoms with Gasteiger partial charge in [0.25, 0.3) is 0 Å². The van der Waals surface area contributed by atoms with Gasteiger partial charge in [0.15, 0.2) is 0 Å². The van der Waals surface area contributed by atoms with Crippen LogP contribution in [0.4, 0.5) is 0 Å². The largest absolute Gasteiger partial charge is 0.347 e. The molecule has 0 unspecified atom stereocenters. The third kappa shape index (κ3) is 2.52. The maximum absolute atomic E-state index is 5.60. The summed E-state index contributed by atoms with van der Waals surface area (Å²) in [6.45, 7) is 6.18. The van der Waals surface area contributed by atoms with Gasteiger partial charge in [-0.05, 0) is 44.0 Å². The topological polar surface area (TPSA) is 30.9 Å². The van der Waals surface area contributed by atoms with Crippen molar-refractivity contribution in [3.8, 4) is 0 Å². The molecule has 0 aliphatic carbocycles. The molecule has 0 fully saturated rings. The molecule has 0 spiro atoms. The average Bonchev–Trinajstić information content (AvgIpc) is 2.65. The molecular formula is C15H22N2. The van der Waals surface area contributed by atoms with Gasteiger partial charge >= 0.3 is 0 Å². The van der Waals surface area contributed by atoms with E-state index in [0.29, 0.717) is 0 Å². The summed E-state index contributed by atoms with van der Waals surface area (Å²) in [6.07, 6.45) is 5.71. The molecule has 0 aliphatic rings. The van der Waals surface area contributed by atoms with E-state index in [2.05, 4.69) is 42.8 Å². The van der Waals surface area contributed by atoms with Gasteiger partial charge in [0, 0.05) is 23.6 Å². The second-order valence-electron chi connectivity index (χ2n) is 4.76. The van der Waals surface area contributed by atoms with Gasteiger partial charge in [0.1, 0.15) is 0 Å². The maximum Gasteiger partial charge on any atom is 0.0483 e. The lowest BCUT2D eigenvalue weighted by Gasteiger charge is -2.03. The Hall–Kier alpha value is -1.28. The molecule has 0 aliphatic heterocycles. The van der Waals surface area contributed by atoms with Crippen LogP contribution in [-0.2, 0) is 13.0 Å². The standard InChI is InChI=1S/C15H22N2/c1-3-5-13-11-17(9-4-8-16)15-7-6-12(2)10-14(13)15/h6-7,10-11H,3-5,8-9,16H2,1-2H3. The van der Waals surface area contributed by atoms with Crippen molar-refractivity contribution < 1.29 is 0 Å². The normalized spacial score (nSPS) is 11.2. The molecule has 0 amide bonds. The van der Waals surface area contributed by atoms with Crippen LogP contribution >= 0.6 is 0 Å². The lowest BCUT2D eigenvalue weighted by Crippen LogP contribution is -2.04. The summed E-state index contributed by atoms with van der Waals surface area (Å²) < 4.78 is 2.35. The molecule has 1 heterocycles. The minimum atomic E-state index is 0.759. The number of rotatable bonds is 5. The number of fused-ring (bicyclic) bond motifs is 1. The quantitative estimate of drug-likeness (QED) is 0.840. The first-order chi connectivity index (χ1) is 8.26. The molecule has 2 heteroatoms. The number of nitrogens with zero attached hydrogens (tertiary/aromatic N) is 1. The first-order valence-corrected chi connectivity index (χ1v) is 6.54. The van der Waals surface area contributed by atoms with E-state index in [1.54, 1.807) is 0 Å². The van der Waals surface area contributed by atoms with Gasteiger partial charge in [0.05, 0.1) is 0 Å². The molecule has 0 saturated heterocycles. The van der Waals surface area contributed by atoms with Crippen LogP contribution in [0.2, 0.25) is 0 Å². The van der Waals surface area contributed by atoms with E-state index in [1.807, 2.05) is 0 Å². The van der Waals surface area contributed by atoms with Crippen LogP contribution in [0.5, 0.6) is 0 Å². The van der Waals surface area contributed by atoms with Crippen LogP contribution in [-0.4, -0.2) is 11.1 Å². The van der Waals surface area contributed by atoms with Crippen LogP contribution in [0.1, 0.15) is 30.9 Å². The highest BCUT2D eigenvalue weighted by Crippen LogP contribution is 2.24. The highest BCUT2D eigenvalue weighted by atomic mass is 15.0. The molecule has 2 N–H and O–H groups in total. The van der Waals surface area contributed by atoms with Gasteiger partial charge in [-0.2, -0.15) is 0 Å². The summed E-state index contributed by atoms with van der Waals surface area (Å²) in [5.41, 5.74) is 9.77. The predicted molar refractivity (Wildman–Crippen MR) is 74.3 cm³/mol. The summed E-state index contributed by atoms with van der Waals surface area (Å²) in [6, 6.07) is 6.73. The Bertz CT molecular complexity index is 497. The number of hydrogen-bond acceptors (Lipinski definition) is 1. The monoisotopic (exact) mass is 230 g/mol. The van der Waals surface area contributed by atoms with Gasteiger partial charge in [-0.1, -0.05) is 25.0 Å². The molecule has 2 nitrogen and oxygen atoms in total. The van der Waals surface area contributed by atoms with Crippen LogP contribution in [0.25, 0.3) is 10.9 Å². The van der Waals surface area contributed by atoms with E-state index in [0.717, 1.165) is 25.9 Å². The fourth-order valence-electron chi connectivity index (χ4n) is 2.40. The summed E-state index contributed by atoms with van der Waals surface area (Å²) in [5, 5.41) is 1.42. The van der Waals surface area contributed by atoms with Crippen LogP contribution in [0.3, 0.4) is 0 Å². The number of aryl methyl sites for hydroxylation is 3. The Morgan fingerprint density at radius 3 is 2.82 bits per heavy atom. The highest BCUT2D eigenvalue weighted by molar-refractivity contribution is 5.84. The zero-order chi connectivity index (χ0) is 12.3. The van der Waals surface area contributed by atoms with Crippen LogP contribution in [0, 0.1) is 6.92 Å².